The second-order valence-electron chi connectivity index (χ2n) is 14.3. The highest BCUT2D eigenvalue weighted by molar-refractivity contribution is 6.23. The monoisotopic (exact) mass is 673 g/mol. The minimum Gasteiger partial charge on any atom is -0.496 e. The third-order valence-electron chi connectivity index (χ3n) is 11.3. The van der Waals surface area contributed by atoms with E-state index in [0.717, 1.165) is 17.0 Å². The lowest BCUT2D eigenvalue weighted by molar-refractivity contribution is 0.411. The van der Waals surface area contributed by atoms with Crippen molar-refractivity contribution >= 4 is 76.5 Å². The maximum atomic E-state index is 5.86. The van der Waals surface area contributed by atoms with Gasteiger partial charge in [-0.1, -0.05) is 90.5 Å². The SMILES string of the molecule is COc1cccc(N2c3cccc4c5ccccc5c5ccccc5c5cc6c7cc(C)ccc7n(-c7cccc(C)c7)c6cc5n(c34)[C@@H]2C)c1C. The molecule has 0 N–H and O–H groups in total. The Hall–Kier alpha value is -6.26. The van der Waals surface area contributed by atoms with Crippen molar-refractivity contribution in [3.8, 4) is 11.4 Å². The number of anilines is 2. The van der Waals surface area contributed by atoms with Crippen molar-refractivity contribution in [1.82, 2.24) is 9.13 Å². The first-order valence-corrected chi connectivity index (χ1v) is 18.1. The van der Waals surface area contributed by atoms with E-state index in [0.29, 0.717) is 0 Å². The van der Waals surface area contributed by atoms with E-state index in [1.807, 2.05) is 0 Å². The standard InChI is InChI=1S/C48H39N3O/c1-29-13-10-14-33(25-29)51-43-24-23-30(2)26-39(43)41-27-40-37-18-9-7-16-35(37)34-15-6-8-17-36(34)38-19-11-21-44-48(38)50(45(40)28-46(41)51)32(4)49(44)42-20-12-22-47(52-5)31(42)3/h6-28,32H,1-5H3/t32-/m1/s1. The van der Waals surface area contributed by atoms with Crippen LogP contribution in [0.3, 0.4) is 0 Å². The summed E-state index contributed by atoms with van der Waals surface area (Å²) in [5.41, 5.74) is 11.9. The van der Waals surface area contributed by atoms with Gasteiger partial charge in [-0.05, 0) is 109 Å². The van der Waals surface area contributed by atoms with Gasteiger partial charge >= 0.3 is 0 Å². The number of aromatic nitrogens is 2. The topological polar surface area (TPSA) is 22.3 Å². The van der Waals surface area contributed by atoms with Crippen molar-refractivity contribution in [3.05, 3.63) is 156 Å². The average molecular weight is 674 g/mol. The normalized spacial score (nSPS) is 14.0. The average Bonchev–Trinajstić information content (AvgIpc) is 3.65. The third-order valence-corrected chi connectivity index (χ3v) is 11.3. The van der Waals surface area contributed by atoms with Crippen LogP contribution in [0.25, 0.3) is 70.8 Å². The molecule has 52 heavy (non-hydrogen) atoms. The molecule has 3 heterocycles. The Bertz CT molecular complexity index is 3020. The number of hydrogen-bond acceptors (Lipinski definition) is 2. The van der Waals surface area contributed by atoms with Crippen molar-refractivity contribution in [3.63, 3.8) is 0 Å². The molecule has 0 saturated carbocycles. The molecular formula is C48H39N3O. The van der Waals surface area contributed by atoms with Crippen LogP contribution in [0.4, 0.5) is 11.4 Å². The fourth-order valence-corrected chi connectivity index (χ4v) is 8.97. The van der Waals surface area contributed by atoms with Crippen molar-refractivity contribution in [1.29, 1.82) is 0 Å². The second-order valence-corrected chi connectivity index (χ2v) is 14.3. The van der Waals surface area contributed by atoms with Crippen LogP contribution >= 0.6 is 0 Å². The molecule has 0 radical (unpaired) electrons. The molecule has 4 nitrogen and oxygen atoms in total. The fourth-order valence-electron chi connectivity index (χ4n) is 8.97. The number of hydrogen-bond donors (Lipinski definition) is 0. The fraction of sp³-hybridized carbons (Fsp3) is 0.125. The molecule has 7 aromatic carbocycles. The van der Waals surface area contributed by atoms with E-state index >= 15 is 0 Å². The molecular weight excluding hydrogens is 635 g/mol. The first-order chi connectivity index (χ1) is 25.4. The number of fused-ring (bicyclic) bond motifs is 10. The second kappa shape index (κ2) is 11.4. The van der Waals surface area contributed by atoms with Crippen molar-refractivity contribution in [2.75, 3.05) is 12.0 Å². The van der Waals surface area contributed by atoms with Gasteiger partial charge in [-0.15, -0.1) is 0 Å². The van der Waals surface area contributed by atoms with Crippen molar-refractivity contribution < 1.29 is 4.74 Å². The van der Waals surface area contributed by atoms with Crippen molar-refractivity contribution in [2.24, 2.45) is 0 Å². The zero-order valence-electron chi connectivity index (χ0n) is 30.1. The van der Waals surface area contributed by atoms with Crippen LogP contribution in [-0.4, -0.2) is 16.2 Å². The Morgan fingerprint density at radius 3 is 1.81 bits per heavy atom. The Morgan fingerprint density at radius 1 is 0.481 bits per heavy atom. The minimum absolute atomic E-state index is 0.0466. The van der Waals surface area contributed by atoms with Gasteiger partial charge in [-0.25, -0.2) is 0 Å². The van der Waals surface area contributed by atoms with Gasteiger partial charge < -0.3 is 18.8 Å². The van der Waals surface area contributed by atoms with Crippen LogP contribution in [0.2, 0.25) is 0 Å². The van der Waals surface area contributed by atoms with Gasteiger partial charge in [0.2, 0.25) is 0 Å². The summed E-state index contributed by atoms with van der Waals surface area (Å²) in [4.78, 5) is 2.50. The molecule has 2 aromatic heterocycles. The lowest BCUT2D eigenvalue weighted by Crippen LogP contribution is -2.21. The maximum absolute atomic E-state index is 5.86. The van der Waals surface area contributed by atoms with Gasteiger partial charge in [0.25, 0.3) is 0 Å². The Morgan fingerprint density at radius 2 is 1.08 bits per heavy atom. The predicted molar refractivity (Wildman–Crippen MR) is 220 cm³/mol. The van der Waals surface area contributed by atoms with E-state index in [1.54, 1.807) is 7.11 Å². The number of ether oxygens (including phenoxy) is 1. The molecule has 1 aliphatic rings. The zero-order valence-corrected chi connectivity index (χ0v) is 30.1. The summed E-state index contributed by atoms with van der Waals surface area (Å²) >= 11 is 0. The summed E-state index contributed by atoms with van der Waals surface area (Å²) in [6, 6.07) is 51.8. The lowest BCUT2D eigenvalue weighted by Gasteiger charge is -2.28. The smallest absolute Gasteiger partial charge is 0.123 e. The van der Waals surface area contributed by atoms with Crippen LogP contribution in [0.15, 0.2) is 140 Å². The van der Waals surface area contributed by atoms with E-state index in [1.165, 1.54) is 87.7 Å². The number of methoxy groups -OCH3 is 1. The molecule has 0 saturated heterocycles. The maximum Gasteiger partial charge on any atom is 0.123 e. The van der Waals surface area contributed by atoms with Crippen LogP contribution in [0, 0.1) is 20.8 Å². The lowest BCUT2D eigenvalue weighted by atomic mass is 10.00. The van der Waals surface area contributed by atoms with E-state index in [-0.39, 0.29) is 6.17 Å². The number of aryl methyl sites for hydroxylation is 2. The molecule has 1 aliphatic heterocycles. The van der Waals surface area contributed by atoms with Gasteiger partial charge in [-0.3, -0.25) is 0 Å². The number of rotatable bonds is 3. The highest BCUT2D eigenvalue weighted by Crippen LogP contribution is 2.49. The molecule has 0 aliphatic carbocycles. The van der Waals surface area contributed by atoms with E-state index in [9.17, 15) is 0 Å². The summed E-state index contributed by atoms with van der Waals surface area (Å²) in [7, 11) is 1.76. The van der Waals surface area contributed by atoms with Crippen LogP contribution in [0.5, 0.6) is 5.75 Å². The molecule has 0 fully saturated rings. The molecule has 9 aromatic rings. The van der Waals surface area contributed by atoms with Crippen LogP contribution in [0.1, 0.15) is 29.8 Å². The van der Waals surface area contributed by atoms with Gasteiger partial charge in [0, 0.05) is 38.5 Å². The molecule has 4 heteroatoms. The van der Waals surface area contributed by atoms with Gasteiger partial charge in [0.05, 0.1) is 34.9 Å². The molecule has 0 spiro atoms. The Balaban J connectivity index is 1.49. The molecule has 252 valence electrons. The summed E-state index contributed by atoms with van der Waals surface area (Å²) in [6.07, 6.45) is -0.0466. The Kier molecular flexibility index (Phi) is 6.68. The molecule has 10 rings (SSSR count). The largest absolute Gasteiger partial charge is 0.496 e. The number of nitrogens with zero attached hydrogens (tertiary/aromatic N) is 3. The number of benzene rings is 7. The summed E-state index contributed by atoms with van der Waals surface area (Å²) < 4.78 is 10.9. The highest BCUT2D eigenvalue weighted by Gasteiger charge is 2.31. The Labute approximate surface area is 303 Å². The summed E-state index contributed by atoms with van der Waals surface area (Å²) in [5, 5.41) is 9.90. The van der Waals surface area contributed by atoms with Gasteiger partial charge in [0.15, 0.2) is 0 Å². The highest BCUT2D eigenvalue weighted by atomic mass is 16.5. The first-order valence-electron chi connectivity index (χ1n) is 18.1. The quantitative estimate of drug-likeness (QED) is 0.186. The molecule has 1 atom stereocenters. The first kappa shape index (κ1) is 30.6. The summed E-state index contributed by atoms with van der Waals surface area (Å²) in [5.74, 6) is 0.890. The zero-order chi connectivity index (χ0) is 35.2. The molecule has 0 bridgehead atoms. The van der Waals surface area contributed by atoms with E-state index in [4.69, 9.17) is 4.74 Å². The summed E-state index contributed by atoms with van der Waals surface area (Å²) in [6.45, 7) is 8.88. The molecule has 0 amide bonds. The van der Waals surface area contributed by atoms with Gasteiger partial charge in [-0.2, -0.15) is 0 Å². The van der Waals surface area contributed by atoms with E-state index < -0.39 is 0 Å². The van der Waals surface area contributed by atoms with Crippen molar-refractivity contribution in [2.45, 2.75) is 33.9 Å². The van der Waals surface area contributed by atoms with E-state index in [2.05, 4.69) is 181 Å². The third kappa shape index (κ3) is 4.27. The minimum atomic E-state index is -0.0466. The number of para-hydroxylation sites is 1. The van der Waals surface area contributed by atoms with Crippen LogP contribution in [-0.2, 0) is 0 Å². The predicted octanol–water partition coefficient (Wildman–Crippen LogP) is 12.9. The molecule has 0 unspecified atom stereocenters. The van der Waals surface area contributed by atoms with Gasteiger partial charge in [0.1, 0.15) is 11.9 Å². The van der Waals surface area contributed by atoms with Crippen LogP contribution < -0.4 is 9.64 Å².